The van der Waals surface area contributed by atoms with Crippen LogP contribution < -0.4 is 15.0 Å². The molecule has 0 radical (unpaired) electrons. The first-order chi connectivity index (χ1) is 14.5. The fourth-order valence-electron chi connectivity index (χ4n) is 4.29. The number of nitro groups is 1. The summed E-state index contributed by atoms with van der Waals surface area (Å²) < 4.78 is 5.40. The summed E-state index contributed by atoms with van der Waals surface area (Å²) in [5.74, 6) is -0.378. The Balaban J connectivity index is 1.61. The highest BCUT2D eigenvalue weighted by Crippen LogP contribution is 2.41. The van der Waals surface area contributed by atoms with Crippen molar-refractivity contribution < 1.29 is 19.2 Å². The van der Waals surface area contributed by atoms with E-state index in [1.165, 1.54) is 12.1 Å². The van der Waals surface area contributed by atoms with E-state index in [0.717, 1.165) is 17.7 Å². The summed E-state index contributed by atoms with van der Waals surface area (Å²) in [6.07, 6.45) is 3.26. The maximum Gasteiger partial charge on any atom is 0.294 e. The summed E-state index contributed by atoms with van der Waals surface area (Å²) in [6, 6.07) is 11.5. The van der Waals surface area contributed by atoms with Gasteiger partial charge in [0.25, 0.3) is 5.69 Å². The van der Waals surface area contributed by atoms with E-state index in [4.69, 9.17) is 4.74 Å². The number of hydrogen-bond acceptors (Lipinski definition) is 6. The lowest BCUT2D eigenvalue weighted by atomic mass is 9.81. The van der Waals surface area contributed by atoms with Crippen LogP contribution in [0.1, 0.15) is 32.6 Å². The van der Waals surface area contributed by atoms with Crippen molar-refractivity contribution in [1.29, 1.82) is 0 Å². The summed E-state index contributed by atoms with van der Waals surface area (Å²) in [5, 5.41) is 14.7. The van der Waals surface area contributed by atoms with Crippen LogP contribution in [0.25, 0.3) is 0 Å². The van der Waals surface area contributed by atoms with Crippen LogP contribution in [0.3, 0.4) is 0 Å². The minimum atomic E-state index is -0.515. The molecule has 2 aliphatic rings. The van der Waals surface area contributed by atoms with Gasteiger partial charge in [-0.1, -0.05) is 12.8 Å². The molecule has 1 saturated carbocycles. The highest BCUT2D eigenvalue weighted by Gasteiger charge is 2.49. The van der Waals surface area contributed by atoms with Gasteiger partial charge in [-0.05, 0) is 56.2 Å². The maximum absolute atomic E-state index is 12.8. The van der Waals surface area contributed by atoms with Crippen LogP contribution >= 0.6 is 0 Å². The average Bonchev–Trinajstić information content (AvgIpc) is 3.00. The van der Waals surface area contributed by atoms with Crippen molar-refractivity contribution >= 4 is 34.6 Å². The van der Waals surface area contributed by atoms with E-state index in [-0.39, 0.29) is 40.7 Å². The van der Waals surface area contributed by atoms with Crippen molar-refractivity contribution in [3.63, 3.8) is 0 Å². The molecular formula is C22H23N3O5. The zero-order valence-electron chi connectivity index (χ0n) is 16.7. The number of benzene rings is 2. The lowest BCUT2D eigenvalue weighted by Crippen LogP contribution is -2.30. The molecule has 2 atom stereocenters. The van der Waals surface area contributed by atoms with Gasteiger partial charge in [0.05, 0.1) is 29.1 Å². The minimum Gasteiger partial charge on any atom is -0.494 e. The van der Waals surface area contributed by atoms with Crippen LogP contribution in [0.15, 0.2) is 42.5 Å². The predicted octanol–water partition coefficient (Wildman–Crippen LogP) is 4.42. The minimum absolute atomic E-state index is 0.197. The Bertz CT molecular complexity index is 965. The standard InChI is InChI=1S/C22H23N3O5/c1-2-30-16-10-7-14(8-11-16)23-19-12-9-15(13-20(19)25(28)29)24-21(26)17-5-3-4-6-18(17)22(24)27/h7-13,17-18,23H,2-6H2,1H3/t17-,18-/m0/s1. The molecule has 0 unspecified atom stereocenters. The van der Waals surface area contributed by atoms with Crippen LogP contribution in [0, 0.1) is 22.0 Å². The zero-order chi connectivity index (χ0) is 21.3. The number of nitro benzene ring substituents is 1. The summed E-state index contributed by atoms with van der Waals surface area (Å²) in [7, 11) is 0. The number of fused-ring (bicyclic) bond motifs is 1. The summed E-state index contributed by atoms with van der Waals surface area (Å²) in [5.41, 5.74) is 0.998. The Kier molecular flexibility index (Phi) is 5.39. The normalized spacial score (nSPS) is 20.8. The van der Waals surface area contributed by atoms with E-state index in [1.54, 1.807) is 30.3 Å². The first kappa shape index (κ1) is 19.9. The highest BCUT2D eigenvalue weighted by atomic mass is 16.6. The van der Waals surface area contributed by atoms with Gasteiger partial charge in [-0.25, -0.2) is 4.90 Å². The maximum atomic E-state index is 12.8. The zero-order valence-corrected chi connectivity index (χ0v) is 16.7. The molecule has 2 aromatic rings. The average molecular weight is 409 g/mol. The lowest BCUT2D eigenvalue weighted by molar-refractivity contribution is -0.383. The number of amides is 2. The second-order valence-electron chi connectivity index (χ2n) is 7.55. The van der Waals surface area contributed by atoms with Crippen molar-refractivity contribution in [3.05, 3.63) is 52.6 Å². The quantitative estimate of drug-likeness (QED) is 0.431. The molecule has 8 nitrogen and oxygen atoms in total. The number of nitrogens with zero attached hydrogens (tertiary/aromatic N) is 2. The van der Waals surface area contributed by atoms with Crippen LogP contribution in [0.4, 0.5) is 22.7 Å². The molecule has 8 heteroatoms. The Labute approximate surface area is 174 Å². The Morgan fingerprint density at radius 1 is 1.07 bits per heavy atom. The van der Waals surface area contributed by atoms with Crippen molar-refractivity contribution in [2.24, 2.45) is 11.8 Å². The Hall–Kier alpha value is -3.42. The van der Waals surface area contributed by atoms with E-state index in [9.17, 15) is 19.7 Å². The van der Waals surface area contributed by atoms with E-state index in [1.807, 2.05) is 6.92 Å². The van der Waals surface area contributed by atoms with Crippen LogP contribution in [-0.4, -0.2) is 23.3 Å². The van der Waals surface area contributed by atoms with Gasteiger partial charge >= 0.3 is 0 Å². The SMILES string of the molecule is CCOc1ccc(Nc2ccc(N3C(=O)[C@H]4CCCC[C@@H]4C3=O)cc2[N+](=O)[O-])cc1. The second kappa shape index (κ2) is 8.14. The molecule has 0 bridgehead atoms. The summed E-state index contributed by atoms with van der Waals surface area (Å²) >= 11 is 0. The molecule has 2 aromatic carbocycles. The molecule has 1 saturated heterocycles. The van der Waals surface area contributed by atoms with Crippen molar-refractivity contribution in [2.75, 3.05) is 16.8 Å². The number of anilines is 3. The van der Waals surface area contributed by atoms with Gasteiger partial charge in [0.2, 0.25) is 11.8 Å². The van der Waals surface area contributed by atoms with Crippen LogP contribution in [-0.2, 0) is 9.59 Å². The van der Waals surface area contributed by atoms with Gasteiger partial charge in [0, 0.05) is 11.8 Å². The monoisotopic (exact) mass is 409 g/mol. The lowest BCUT2D eigenvalue weighted by Gasteiger charge is -2.19. The fourth-order valence-corrected chi connectivity index (χ4v) is 4.29. The Morgan fingerprint density at radius 2 is 1.70 bits per heavy atom. The smallest absolute Gasteiger partial charge is 0.294 e. The third-order valence-corrected chi connectivity index (χ3v) is 5.72. The van der Waals surface area contributed by atoms with Gasteiger partial charge < -0.3 is 10.1 Å². The van der Waals surface area contributed by atoms with Crippen molar-refractivity contribution in [1.82, 2.24) is 0 Å². The van der Waals surface area contributed by atoms with Gasteiger partial charge in [0.15, 0.2) is 0 Å². The Morgan fingerprint density at radius 3 is 2.27 bits per heavy atom. The highest BCUT2D eigenvalue weighted by molar-refractivity contribution is 6.22. The van der Waals surface area contributed by atoms with Crippen LogP contribution in [0.2, 0.25) is 0 Å². The number of nitrogens with one attached hydrogen (secondary N) is 1. The molecule has 4 rings (SSSR count). The number of carbonyl (C=O) groups excluding carboxylic acids is 2. The van der Waals surface area contributed by atoms with Gasteiger partial charge in [0.1, 0.15) is 11.4 Å². The molecule has 30 heavy (non-hydrogen) atoms. The molecule has 156 valence electrons. The molecular weight excluding hydrogens is 386 g/mol. The first-order valence-electron chi connectivity index (χ1n) is 10.2. The van der Waals surface area contributed by atoms with E-state index in [2.05, 4.69) is 5.32 Å². The largest absolute Gasteiger partial charge is 0.494 e. The molecule has 0 aromatic heterocycles. The third kappa shape index (κ3) is 3.60. The number of rotatable bonds is 6. The van der Waals surface area contributed by atoms with Crippen LogP contribution in [0.5, 0.6) is 5.75 Å². The number of ether oxygens (including phenoxy) is 1. The van der Waals surface area contributed by atoms with E-state index < -0.39 is 4.92 Å². The summed E-state index contributed by atoms with van der Waals surface area (Å²) in [4.78, 5) is 37.9. The van der Waals surface area contributed by atoms with E-state index >= 15 is 0 Å². The van der Waals surface area contributed by atoms with Gasteiger partial charge in [-0.2, -0.15) is 0 Å². The summed E-state index contributed by atoms with van der Waals surface area (Å²) in [6.45, 7) is 2.44. The number of imide groups is 1. The predicted molar refractivity (Wildman–Crippen MR) is 112 cm³/mol. The second-order valence-corrected chi connectivity index (χ2v) is 7.55. The van der Waals surface area contributed by atoms with Gasteiger partial charge in [-0.15, -0.1) is 0 Å². The number of carbonyl (C=O) groups is 2. The topological polar surface area (TPSA) is 102 Å². The van der Waals surface area contributed by atoms with Gasteiger partial charge in [-0.3, -0.25) is 19.7 Å². The third-order valence-electron chi connectivity index (χ3n) is 5.72. The van der Waals surface area contributed by atoms with Crippen molar-refractivity contribution in [2.45, 2.75) is 32.6 Å². The molecule has 2 amide bonds. The molecule has 1 aliphatic carbocycles. The van der Waals surface area contributed by atoms with E-state index in [0.29, 0.717) is 30.9 Å². The van der Waals surface area contributed by atoms with Crippen molar-refractivity contribution in [3.8, 4) is 5.75 Å². The first-order valence-corrected chi connectivity index (χ1v) is 10.2. The number of hydrogen-bond donors (Lipinski definition) is 1. The fraction of sp³-hybridized carbons (Fsp3) is 0.364. The molecule has 0 spiro atoms. The molecule has 1 heterocycles. The molecule has 1 N–H and O–H groups in total. The molecule has 1 aliphatic heterocycles. The molecule has 2 fully saturated rings.